The van der Waals surface area contributed by atoms with E-state index in [1.807, 2.05) is 18.2 Å². The van der Waals surface area contributed by atoms with E-state index in [0.29, 0.717) is 25.0 Å². The van der Waals surface area contributed by atoms with Crippen molar-refractivity contribution in [3.63, 3.8) is 0 Å². The first-order valence-corrected chi connectivity index (χ1v) is 10.4. The molecule has 2 aromatic heterocycles. The zero-order valence-corrected chi connectivity index (χ0v) is 17.5. The zero-order valence-electron chi connectivity index (χ0n) is 17.5. The van der Waals surface area contributed by atoms with Gasteiger partial charge in [0.2, 0.25) is 5.88 Å². The van der Waals surface area contributed by atoms with E-state index in [0.717, 1.165) is 16.5 Å². The van der Waals surface area contributed by atoms with Crippen LogP contribution in [0.3, 0.4) is 0 Å². The van der Waals surface area contributed by atoms with Crippen LogP contribution in [0, 0.1) is 0 Å². The van der Waals surface area contributed by atoms with Crippen LogP contribution in [0.4, 0.5) is 13.2 Å². The molecule has 0 bridgehead atoms. The normalized spacial score (nSPS) is 18.8. The van der Waals surface area contributed by atoms with E-state index >= 15 is 0 Å². The summed E-state index contributed by atoms with van der Waals surface area (Å²) < 4.78 is 46.8. The lowest BCUT2D eigenvalue weighted by Crippen LogP contribution is -2.48. The highest BCUT2D eigenvalue weighted by atomic mass is 19.4. The molecule has 10 heteroatoms. The molecule has 174 valence electrons. The minimum absolute atomic E-state index is 0.120. The molecule has 7 nitrogen and oxygen atoms in total. The van der Waals surface area contributed by atoms with Crippen LogP contribution in [0.25, 0.3) is 10.9 Å². The molecule has 1 aliphatic heterocycles. The summed E-state index contributed by atoms with van der Waals surface area (Å²) in [5.41, 5.74) is 2.38. The first kappa shape index (κ1) is 22.9. The summed E-state index contributed by atoms with van der Waals surface area (Å²) in [5, 5.41) is 13.7. The summed E-state index contributed by atoms with van der Waals surface area (Å²) in [4.78, 5) is 21.3. The number of fused-ring (bicyclic) bond motifs is 1. The topological polar surface area (TPSA) is 93.6 Å². The summed E-state index contributed by atoms with van der Waals surface area (Å²) in [6.45, 7) is -0.792. The fourth-order valence-corrected chi connectivity index (χ4v) is 3.62. The number of benzene rings is 1. The summed E-state index contributed by atoms with van der Waals surface area (Å²) in [5.74, 6) is -0.521. The maximum atomic E-state index is 12.9. The number of para-hydroxylation sites is 1. The minimum Gasteiger partial charge on any atom is -0.468 e. The van der Waals surface area contributed by atoms with Crippen LogP contribution in [0.1, 0.15) is 28.0 Å². The van der Waals surface area contributed by atoms with Gasteiger partial charge in [-0.25, -0.2) is 9.97 Å². The lowest BCUT2D eigenvalue weighted by molar-refractivity contribution is -0.154. The number of aromatic nitrogens is 2. The third kappa shape index (κ3) is 5.96. The van der Waals surface area contributed by atoms with Crippen LogP contribution < -0.4 is 10.1 Å². The third-order valence-corrected chi connectivity index (χ3v) is 5.25. The largest absolute Gasteiger partial charge is 0.468 e. The number of carbonyl (C=O) groups is 1. The minimum atomic E-state index is -4.44. The Kier molecular flexibility index (Phi) is 6.75. The number of aliphatic hydroxyl groups is 1. The molecule has 1 amide bonds. The molecule has 0 spiro atoms. The van der Waals surface area contributed by atoms with E-state index < -0.39 is 30.8 Å². The predicted molar refractivity (Wildman–Crippen MR) is 113 cm³/mol. The number of rotatable bonds is 6. The molecule has 0 unspecified atom stereocenters. The second-order valence-electron chi connectivity index (χ2n) is 7.78. The number of amides is 1. The van der Waals surface area contributed by atoms with Crippen LogP contribution in [0.2, 0.25) is 0 Å². The SMILES string of the molecule is O=C(N[C@H]1CCOC[C@@H]1O)c1cc(Cc2ccc(OCC(F)(F)F)nc2)c2ccccc2n1. The van der Waals surface area contributed by atoms with Crippen molar-refractivity contribution in [3.05, 3.63) is 65.5 Å². The molecule has 4 rings (SSSR count). The summed E-state index contributed by atoms with van der Waals surface area (Å²) in [7, 11) is 0. The van der Waals surface area contributed by atoms with Gasteiger partial charge in [0, 0.05) is 24.3 Å². The molecule has 2 N–H and O–H groups in total. The molecular formula is C23H22F3N3O4. The van der Waals surface area contributed by atoms with E-state index in [4.69, 9.17) is 4.74 Å². The van der Waals surface area contributed by atoms with E-state index in [1.165, 1.54) is 12.3 Å². The molecule has 3 heterocycles. The fraction of sp³-hybridized carbons (Fsp3) is 0.348. The first-order chi connectivity index (χ1) is 15.8. The van der Waals surface area contributed by atoms with Crippen molar-refractivity contribution in [1.29, 1.82) is 0 Å². The molecule has 1 aliphatic rings. The Hall–Kier alpha value is -3.24. The van der Waals surface area contributed by atoms with Crippen LogP contribution in [0.15, 0.2) is 48.7 Å². The zero-order chi connectivity index (χ0) is 23.4. The number of hydrogen-bond acceptors (Lipinski definition) is 6. The van der Waals surface area contributed by atoms with Gasteiger partial charge in [0.1, 0.15) is 5.69 Å². The van der Waals surface area contributed by atoms with Gasteiger partial charge in [0.25, 0.3) is 5.91 Å². The first-order valence-electron chi connectivity index (χ1n) is 10.4. The molecule has 1 aromatic carbocycles. The highest BCUT2D eigenvalue weighted by Gasteiger charge is 2.29. The molecule has 1 saturated heterocycles. The average Bonchev–Trinajstić information content (AvgIpc) is 2.79. The lowest BCUT2D eigenvalue weighted by atomic mass is 10.0. The molecule has 3 aromatic rings. The maximum absolute atomic E-state index is 12.9. The monoisotopic (exact) mass is 461 g/mol. The molecule has 0 saturated carbocycles. The number of pyridine rings is 2. The second-order valence-corrected chi connectivity index (χ2v) is 7.78. The van der Waals surface area contributed by atoms with Gasteiger partial charge >= 0.3 is 6.18 Å². The Morgan fingerprint density at radius 3 is 2.79 bits per heavy atom. The van der Waals surface area contributed by atoms with Gasteiger partial charge in [0.05, 0.1) is 24.3 Å². The predicted octanol–water partition coefficient (Wildman–Crippen LogP) is 3.04. The fourth-order valence-electron chi connectivity index (χ4n) is 3.62. The number of alkyl halides is 3. The van der Waals surface area contributed by atoms with Crippen LogP contribution in [0.5, 0.6) is 5.88 Å². The second kappa shape index (κ2) is 9.72. The highest BCUT2D eigenvalue weighted by molar-refractivity contribution is 5.96. The summed E-state index contributed by atoms with van der Waals surface area (Å²) >= 11 is 0. The smallest absolute Gasteiger partial charge is 0.422 e. The van der Waals surface area contributed by atoms with Gasteiger partial charge in [-0.3, -0.25) is 4.79 Å². The van der Waals surface area contributed by atoms with Gasteiger partial charge in [-0.15, -0.1) is 0 Å². The van der Waals surface area contributed by atoms with Crippen molar-refractivity contribution in [1.82, 2.24) is 15.3 Å². The standard InChI is InChI=1S/C23H22F3N3O4/c24-23(25,26)13-33-21-6-5-14(11-27-21)9-15-10-19(28-17-4-2-1-3-16(15)17)22(31)29-18-7-8-32-12-20(18)30/h1-6,10-11,18,20,30H,7-9,12-13H2,(H,29,31)/t18-,20-/m0/s1. The molecule has 1 fully saturated rings. The number of nitrogens with zero attached hydrogens (tertiary/aromatic N) is 2. The van der Waals surface area contributed by atoms with E-state index in [1.54, 1.807) is 18.2 Å². The number of nitrogens with one attached hydrogen (secondary N) is 1. The number of hydrogen-bond donors (Lipinski definition) is 2. The van der Waals surface area contributed by atoms with Gasteiger partial charge < -0.3 is 19.9 Å². The van der Waals surface area contributed by atoms with Crippen molar-refractivity contribution in [2.24, 2.45) is 0 Å². The van der Waals surface area contributed by atoms with Crippen LogP contribution >= 0.6 is 0 Å². The van der Waals surface area contributed by atoms with Gasteiger partial charge in [-0.05, 0) is 36.1 Å². The van der Waals surface area contributed by atoms with Gasteiger partial charge in [0.15, 0.2) is 6.61 Å². The molecular weight excluding hydrogens is 439 g/mol. The van der Waals surface area contributed by atoms with Crippen molar-refractivity contribution in [2.45, 2.75) is 31.2 Å². The molecule has 33 heavy (non-hydrogen) atoms. The molecule has 0 radical (unpaired) electrons. The van der Waals surface area contributed by atoms with E-state index in [2.05, 4.69) is 20.0 Å². The summed E-state index contributed by atoms with van der Waals surface area (Å²) in [6.07, 6.45) is -2.89. The van der Waals surface area contributed by atoms with Crippen LogP contribution in [-0.2, 0) is 11.2 Å². The Morgan fingerprint density at radius 2 is 2.06 bits per heavy atom. The van der Waals surface area contributed by atoms with Crippen molar-refractivity contribution < 1.29 is 32.5 Å². The van der Waals surface area contributed by atoms with Gasteiger partial charge in [-0.2, -0.15) is 13.2 Å². The average molecular weight is 461 g/mol. The Bertz CT molecular complexity index is 1120. The quantitative estimate of drug-likeness (QED) is 0.586. The van der Waals surface area contributed by atoms with E-state index in [9.17, 15) is 23.1 Å². The summed E-state index contributed by atoms with van der Waals surface area (Å²) in [6, 6.07) is 11.6. The molecule has 2 atom stereocenters. The third-order valence-electron chi connectivity index (χ3n) is 5.25. The Labute approximate surface area is 187 Å². The van der Waals surface area contributed by atoms with Crippen molar-refractivity contribution >= 4 is 16.8 Å². The highest BCUT2D eigenvalue weighted by Crippen LogP contribution is 2.23. The number of halogens is 3. The van der Waals surface area contributed by atoms with Crippen LogP contribution in [-0.4, -0.2) is 59.1 Å². The van der Waals surface area contributed by atoms with Crippen molar-refractivity contribution in [3.8, 4) is 5.88 Å². The van der Waals surface area contributed by atoms with E-state index in [-0.39, 0.29) is 18.2 Å². The Balaban J connectivity index is 1.55. The lowest BCUT2D eigenvalue weighted by Gasteiger charge is -2.28. The van der Waals surface area contributed by atoms with Crippen molar-refractivity contribution in [2.75, 3.05) is 19.8 Å². The number of aliphatic hydroxyl groups excluding tert-OH is 1. The number of ether oxygens (including phenoxy) is 2. The molecule has 0 aliphatic carbocycles. The number of carbonyl (C=O) groups excluding carboxylic acids is 1. The Morgan fingerprint density at radius 1 is 1.24 bits per heavy atom. The maximum Gasteiger partial charge on any atom is 0.422 e. The van der Waals surface area contributed by atoms with Gasteiger partial charge in [-0.1, -0.05) is 24.3 Å².